The van der Waals surface area contributed by atoms with E-state index in [1.165, 1.54) is 12.1 Å². The Labute approximate surface area is 133 Å². The van der Waals surface area contributed by atoms with Crippen LogP contribution in [-0.4, -0.2) is 32.3 Å². The zero-order valence-electron chi connectivity index (χ0n) is 12.3. The summed E-state index contributed by atoms with van der Waals surface area (Å²) in [6.07, 6.45) is 2.90. The molecule has 9 heteroatoms. The number of nitrogens with zero attached hydrogens (tertiary/aromatic N) is 2. The van der Waals surface area contributed by atoms with Gasteiger partial charge < -0.3 is 9.64 Å². The third kappa shape index (κ3) is 3.78. The first-order valence-corrected chi connectivity index (χ1v) is 8.81. The Hall–Kier alpha value is -1.74. The Morgan fingerprint density at radius 3 is 2.65 bits per heavy atom. The van der Waals surface area contributed by atoms with Gasteiger partial charge in [0.1, 0.15) is 17.8 Å². The first-order chi connectivity index (χ1) is 10.9. The first kappa shape index (κ1) is 16.1. The molecule has 6 nitrogen and oxygen atoms in total. The molecule has 0 radical (unpaired) electrons. The molecule has 1 saturated heterocycles. The number of rotatable bonds is 3. The molecule has 0 amide bonds. The average Bonchev–Trinajstić information content (AvgIpc) is 2.71. The fourth-order valence-corrected chi connectivity index (χ4v) is 3.91. The van der Waals surface area contributed by atoms with Gasteiger partial charge in [-0.2, -0.15) is 21.9 Å². The van der Waals surface area contributed by atoms with Gasteiger partial charge in [-0.3, -0.25) is 0 Å². The van der Waals surface area contributed by atoms with Crippen molar-refractivity contribution in [1.29, 1.82) is 0 Å². The van der Waals surface area contributed by atoms with Gasteiger partial charge in [0.15, 0.2) is 0 Å². The average molecular weight is 345 g/mol. The lowest BCUT2D eigenvalue weighted by molar-refractivity contribution is -0.0498. The van der Waals surface area contributed by atoms with E-state index in [2.05, 4.69) is 13.9 Å². The van der Waals surface area contributed by atoms with Crippen LogP contribution in [0.1, 0.15) is 37.4 Å². The second kappa shape index (κ2) is 6.40. The highest BCUT2D eigenvalue weighted by molar-refractivity contribution is 7.88. The predicted octanol–water partition coefficient (Wildman–Crippen LogP) is 2.41. The molecule has 0 aliphatic carbocycles. The monoisotopic (exact) mass is 345 g/mol. The molecule has 0 aromatic heterocycles. The third-order valence-corrected chi connectivity index (χ3v) is 4.82. The number of hydrogen-bond donors (Lipinski definition) is 1. The zero-order valence-corrected chi connectivity index (χ0v) is 13.1. The molecule has 23 heavy (non-hydrogen) atoms. The predicted molar refractivity (Wildman–Crippen MR) is 80.5 cm³/mol. The second-order valence-electron chi connectivity index (χ2n) is 5.45. The second-order valence-corrected chi connectivity index (χ2v) is 6.82. The summed E-state index contributed by atoms with van der Waals surface area (Å²) in [4.78, 5) is 1.93. The summed E-state index contributed by atoms with van der Waals surface area (Å²) in [7, 11) is -3.75. The van der Waals surface area contributed by atoms with E-state index >= 15 is 0 Å². The van der Waals surface area contributed by atoms with Crippen LogP contribution in [0.5, 0.6) is 5.75 Å². The number of halogens is 2. The van der Waals surface area contributed by atoms with Crippen LogP contribution in [0, 0.1) is 0 Å². The lowest BCUT2D eigenvalue weighted by Crippen LogP contribution is -2.48. The maximum Gasteiger partial charge on any atom is 0.387 e. The molecule has 0 saturated carbocycles. The molecule has 126 valence electrons. The van der Waals surface area contributed by atoms with Gasteiger partial charge in [-0.05, 0) is 30.5 Å². The minimum Gasteiger partial charge on any atom is -0.435 e. The van der Waals surface area contributed by atoms with E-state index in [1.807, 2.05) is 4.90 Å². The van der Waals surface area contributed by atoms with Crippen molar-refractivity contribution in [2.24, 2.45) is 4.40 Å². The van der Waals surface area contributed by atoms with Crippen LogP contribution < -0.4 is 9.46 Å². The van der Waals surface area contributed by atoms with Gasteiger partial charge in [-0.1, -0.05) is 18.6 Å². The Balaban J connectivity index is 1.89. The quantitative estimate of drug-likeness (QED) is 0.913. The van der Waals surface area contributed by atoms with Gasteiger partial charge in [0.05, 0.1) is 0 Å². The summed E-state index contributed by atoms with van der Waals surface area (Å²) in [5.74, 6) is 0.589. The number of hydrogen-bond acceptors (Lipinski definition) is 4. The first-order valence-electron chi connectivity index (χ1n) is 7.37. The molecule has 3 rings (SSSR count). The van der Waals surface area contributed by atoms with E-state index in [4.69, 9.17) is 0 Å². The van der Waals surface area contributed by atoms with E-state index in [1.54, 1.807) is 12.1 Å². The highest BCUT2D eigenvalue weighted by Crippen LogP contribution is 2.29. The SMILES string of the molecule is O=S1(=O)N=C2CCCCCN2[C@H](c2ccc(OC(F)F)cc2)N1. The molecule has 1 fully saturated rings. The van der Waals surface area contributed by atoms with E-state index < -0.39 is 23.0 Å². The van der Waals surface area contributed by atoms with Crippen molar-refractivity contribution < 1.29 is 21.9 Å². The molecule has 0 unspecified atom stereocenters. The van der Waals surface area contributed by atoms with Crippen LogP contribution in [0.4, 0.5) is 8.78 Å². The summed E-state index contributed by atoms with van der Waals surface area (Å²) in [5, 5.41) is 0. The molecule has 0 spiro atoms. The van der Waals surface area contributed by atoms with Crippen LogP contribution in [-0.2, 0) is 10.2 Å². The molecule has 1 N–H and O–H groups in total. The Bertz CT molecular complexity index is 692. The molecule has 1 aromatic rings. The van der Waals surface area contributed by atoms with Crippen molar-refractivity contribution in [3.05, 3.63) is 29.8 Å². The van der Waals surface area contributed by atoms with Crippen LogP contribution >= 0.6 is 0 Å². The highest BCUT2D eigenvalue weighted by Gasteiger charge is 2.33. The van der Waals surface area contributed by atoms with Gasteiger partial charge in [0.25, 0.3) is 0 Å². The zero-order chi connectivity index (χ0) is 16.4. The minimum absolute atomic E-state index is 0.0344. The van der Waals surface area contributed by atoms with Crippen molar-refractivity contribution in [3.8, 4) is 5.75 Å². The van der Waals surface area contributed by atoms with Gasteiger partial charge >= 0.3 is 16.8 Å². The van der Waals surface area contributed by atoms with E-state index in [0.717, 1.165) is 19.3 Å². The number of nitrogens with one attached hydrogen (secondary N) is 1. The van der Waals surface area contributed by atoms with Crippen LogP contribution in [0.3, 0.4) is 0 Å². The Kier molecular flexibility index (Phi) is 4.49. The van der Waals surface area contributed by atoms with Gasteiger partial charge in [-0.15, -0.1) is 4.40 Å². The highest BCUT2D eigenvalue weighted by atomic mass is 32.2. The molecule has 1 atom stereocenters. The molecule has 2 heterocycles. The third-order valence-electron chi connectivity index (χ3n) is 3.85. The fourth-order valence-electron chi connectivity index (χ4n) is 2.84. The largest absolute Gasteiger partial charge is 0.435 e. The molecule has 1 aromatic carbocycles. The molecular weight excluding hydrogens is 328 g/mol. The molecule has 2 aliphatic heterocycles. The molecule has 2 aliphatic rings. The van der Waals surface area contributed by atoms with Crippen molar-refractivity contribution in [2.45, 2.75) is 38.5 Å². The summed E-state index contributed by atoms with van der Waals surface area (Å²) in [6, 6.07) is 5.97. The van der Waals surface area contributed by atoms with Crippen LogP contribution in [0.25, 0.3) is 0 Å². The Morgan fingerprint density at radius 2 is 1.96 bits per heavy atom. The maximum atomic E-state index is 12.2. The van der Waals surface area contributed by atoms with Crippen molar-refractivity contribution in [2.75, 3.05) is 6.54 Å². The number of alkyl halides is 2. The summed E-state index contributed by atoms with van der Waals surface area (Å²) < 4.78 is 59.0. The summed E-state index contributed by atoms with van der Waals surface area (Å²) >= 11 is 0. The van der Waals surface area contributed by atoms with E-state index in [-0.39, 0.29) is 5.75 Å². The van der Waals surface area contributed by atoms with E-state index in [9.17, 15) is 17.2 Å². The lowest BCUT2D eigenvalue weighted by Gasteiger charge is -2.36. The summed E-state index contributed by atoms with van der Waals surface area (Å²) in [5.41, 5.74) is 0.657. The van der Waals surface area contributed by atoms with Gasteiger partial charge in [0, 0.05) is 13.0 Å². The topological polar surface area (TPSA) is 71.0 Å². The van der Waals surface area contributed by atoms with Crippen LogP contribution in [0.2, 0.25) is 0 Å². The summed E-state index contributed by atoms with van der Waals surface area (Å²) in [6.45, 7) is -2.19. The molecular formula is C14H17F2N3O3S. The number of amidine groups is 1. The van der Waals surface area contributed by atoms with Gasteiger partial charge in [-0.25, -0.2) is 0 Å². The lowest BCUT2D eigenvalue weighted by atomic mass is 10.1. The standard InChI is InChI=1S/C14H17F2N3O3S/c15-14(16)22-11-7-5-10(6-8-11)13-18-23(20,21)17-12-4-2-1-3-9-19(12)13/h5-8,13-14,18H,1-4,9H2/t13-/m1/s1. The van der Waals surface area contributed by atoms with Crippen molar-refractivity contribution >= 4 is 16.0 Å². The molecule has 0 bridgehead atoms. The van der Waals surface area contributed by atoms with E-state index in [0.29, 0.717) is 24.4 Å². The normalized spacial score (nSPS) is 23.9. The number of fused-ring (bicyclic) bond motifs is 1. The smallest absolute Gasteiger partial charge is 0.387 e. The fraction of sp³-hybridized carbons (Fsp3) is 0.500. The Morgan fingerprint density at radius 1 is 1.22 bits per heavy atom. The van der Waals surface area contributed by atoms with Crippen LogP contribution in [0.15, 0.2) is 28.7 Å². The number of ether oxygens (including phenoxy) is 1. The maximum absolute atomic E-state index is 12.2. The van der Waals surface area contributed by atoms with Crippen molar-refractivity contribution in [1.82, 2.24) is 9.62 Å². The number of benzene rings is 1. The van der Waals surface area contributed by atoms with Gasteiger partial charge in [0.2, 0.25) is 0 Å². The minimum atomic E-state index is -3.75. The van der Waals surface area contributed by atoms with Crippen molar-refractivity contribution in [3.63, 3.8) is 0 Å².